The maximum absolute atomic E-state index is 3.57. The molecule has 2 rings (SSSR count). The highest BCUT2D eigenvalue weighted by molar-refractivity contribution is 9.13. The van der Waals surface area contributed by atoms with Gasteiger partial charge in [0, 0.05) is 9.35 Å². The Morgan fingerprint density at radius 3 is 2.40 bits per heavy atom. The number of nitrogens with one attached hydrogen (secondary N) is 1. The number of hydrogen-bond acceptors (Lipinski definition) is 2. The summed E-state index contributed by atoms with van der Waals surface area (Å²) in [6.45, 7) is 2.23. The molecule has 0 bridgehead atoms. The van der Waals surface area contributed by atoms with Crippen LogP contribution in [0.5, 0.6) is 0 Å². The van der Waals surface area contributed by atoms with Crippen LogP contribution in [0.25, 0.3) is 0 Å². The molecule has 1 heterocycles. The third-order valence-corrected chi connectivity index (χ3v) is 6.69. The molecule has 1 aromatic heterocycles. The summed E-state index contributed by atoms with van der Waals surface area (Å²) < 4.78 is 2.27. The van der Waals surface area contributed by atoms with E-state index in [1.54, 1.807) is 11.3 Å². The summed E-state index contributed by atoms with van der Waals surface area (Å²) in [6.07, 6.45) is 3.69. The molecule has 20 heavy (non-hydrogen) atoms. The Bertz CT molecular complexity index is 529. The average Bonchev–Trinajstić information content (AvgIpc) is 2.78. The summed E-state index contributed by atoms with van der Waals surface area (Å²) in [6, 6.07) is 11.4. The van der Waals surface area contributed by atoms with Crippen molar-refractivity contribution in [2.24, 2.45) is 0 Å². The number of aryl methyl sites for hydroxylation is 1. The van der Waals surface area contributed by atoms with Crippen LogP contribution in [-0.2, 0) is 6.42 Å². The van der Waals surface area contributed by atoms with Crippen LogP contribution >= 0.6 is 43.2 Å². The standard InChI is InChI=1S/C16H19Br2NS/c1-3-4-5-11-6-8-12(9-7-11)15(19-2)14-10-13(17)16(18)20-14/h6-10,15,19H,3-5H2,1-2H3. The van der Waals surface area contributed by atoms with E-state index >= 15 is 0 Å². The van der Waals surface area contributed by atoms with Crippen LogP contribution in [-0.4, -0.2) is 7.05 Å². The number of thiophene rings is 1. The van der Waals surface area contributed by atoms with Crippen molar-refractivity contribution in [1.82, 2.24) is 5.32 Å². The first-order valence-corrected chi connectivity index (χ1v) is 9.26. The third-order valence-electron chi connectivity index (χ3n) is 3.37. The van der Waals surface area contributed by atoms with Crippen molar-refractivity contribution in [3.8, 4) is 0 Å². The maximum atomic E-state index is 3.57. The molecule has 1 atom stereocenters. The second-order valence-electron chi connectivity index (χ2n) is 4.84. The quantitative estimate of drug-likeness (QED) is 0.615. The van der Waals surface area contributed by atoms with Crippen LogP contribution in [0.2, 0.25) is 0 Å². The molecule has 1 unspecified atom stereocenters. The molecule has 108 valence electrons. The van der Waals surface area contributed by atoms with Gasteiger partial charge in [-0.15, -0.1) is 11.3 Å². The predicted octanol–water partition coefficient (Wildman–Crippen LogP) is 5.92. The molecule has 1 aromatic carbocycles. The van der Waals surface area contributed by atoms with Gasteiger partial charge in [0.2, 0.25) is 0 Å². The van der Waals surface area contributed by atoms with Crippen molar-refractivity contribution < 1.29 is 0 Å². The summed E-state index contributed by atoms with van der Waals surface area (Å²) in [5.41, 5.74) is 2.74. The van der Waals surface area contributed by atoms with Gasteiger partial charge in [0.15, 0.2) is 0 Å². The summed E-state index contributed by atoms with van der Waals surface area (Å²) in [5.74, 6) is 0. The number of halogens is 2. The van der Waals surface area contributed by atoms with E-state index in [1.807, 2.05) is 7.05 Å². The van der Waals surface area contributed by atoms with E-state index in [-0.39, 0.29) is 6.04 Å². The van der Waals surface area contributed by atoms with E-state index in [1.165, 1.54) is 35.3 Å². The van der Waals surface area contributed by atoms with Gasteiger partial charge < -0.3 is 5.32 Å². The minimum Gasteiger partial charge on any atom is -0.309 e. The van der Waals surface area contributed by atoms with Crippen LogP contribution in [0.3, 0.4) is 0 Å². The number of hydrogen-bond donors (Lipinski definition) is 1. The lowest BCUT2D eigenvalue weighted by Crippen LogP contribution is -2.16. The van der Waals surface area contributed by atoms with Gasteiger partial charge in [-0.2, -0.15) is 0 Å². The van der Waals surface area contributed by atoms with Gasteiger partial charge in [-0.1, -0.05) is 37.6 Å². The molecule has 0 radical (unpaired) electrons. The molecule has 1 nitrogen and oxygen atoms in total. The van der Waals surface area contributed by atoms with Gasteiger partial charge in [0.25, 0.3) is 0 Å². The van der Waals surface area contributed by atoms with Crippen molar-refractivity contribution in [3.63, 3.8) is 0 Å². The number of rotatable bonds is 6. The lowest BCUT2D eigenvalue weighted by molar-refractivity contribution is 0.702. The van der Waals surface area contributed by atoms with E-state index in [4.69, 9.17) is 0 Å². The molecule has 0 saturated carbocycles. The Morgan fingerprint density at radius 2 is 1.90 bits per heavy atom. The van der Waals surface area contributed by atoms with Crippen LogP contribution in [0.15, 0.2) is 38.6 Å². The molecule has 0 aliphatic heterocycles. The van der Waals surface area contributed by atoms with Gasteiger partial charge in [-0.3, -0.25) is 0 Å². The van der Waals surface area contributed by atoms with Gasteiger partial charge in [0.1, 0.15) is 0 Å². The van der Waals surface area contributed by atoms with Crippen LogP contribution in [0.4, 0.5) is 0 Å². The molecular weight excluding hydrogens is 398 g/mol. The predicted molar refractivity (Wildman–Crippen MR) is 95.7 cm³/mol. The van der Waals surface area contributed by atoms with Crippen molar-refractivity contribution >= 4 is 43.2 Å². The summed E-state index contributed by atoms with van der Waals surface area (Å²) in [5, 5.41) is 3.41. The van der Waals surface area contributed by atoms with E-state index in [0.29, 0.717) is 0 Å². The number of benzene rings is 1. The van der Waals surface area contributed by atoms with Gasteiger partial charge in [-0.25, -0.2) is 0 Å². The summed E-state index contributed by atoms with van der Waals surface area (Å²) in [4.78, 5) is 1.31. The Balaban J connectivity index is 2.19. The highest BCUT2D eigenvalue weighted by Crippen LogP contribution is 2.37. The van der Waals surface area contributed by atoms with E-state index in [9.17, 15) is 0 Å². The molecule has 0 fully saturated rings. The minimum absolute atomic E-state index is 0.253. The molecule has 0 spiro atoms. The van der Waals surface area contributed by atoms with Crippen molar-refractivity contribution in [2.45, 2.75) is 32.2 Å². The van der Waals surface area contributed by atoms with E-state index < -0.39 is 0 Å². The zero-order valence-electron chi connectivity index (χ0n) is 11.7. The summed E-state index contributed by atoms with van der Waals surface area (Å²) >= 11 is 8.90. The monoisotopic (exact) mass is 415 g/mol. The Kier molecular flexibility index (Phi) is 6.27. The lowest BCUT2D eigenvalue weighted by Gasteiger charge is -2.15. The molecule has 1 N–H and O–H groups in total. The second kappa shape index (κ2) is 7.74. The van der Waals surface area contributed by atoms with E-state index in [0.717, 1.165) is 8.26 Å². The highest BCUT2D eigenvalue weighted by Gasteiger charge is 2.16. The SMILES string of the molecule is CCCCc1ccc(C(NC)c2cc(Br)c(Br)s2)cc1. The Hall–Kier alpha value is -0.160. The first-order valence-electron chi connectivity index (χ1n) is 6.86. The topological polar surface area (TPSA) is 12.0 Å². The largest absolute Gasteiger partial charge is 0.309 e. The molecule has 0 aliphatic rings. The highest BCUT2D eigenvalue weighted by atomic mass is 79.9. The van der Waals surface area contributed by atoms with Crippen molar-refractivity contribution in [3.05, 3.63) is 54.6 Å². The molecule has 0 saturated heterocycles. The molecular formula is C16H19Br2NS. The van der Waals surface area contributed by atoms with Crippen molar-refractivity contribution in [2.75, 3.05) is 7.05 Å². The molecule has 0 amide bonds. The second-order valence-corrected chi connectivity index (χ2v) is 8.09. The van der Waals surface area contributed by atoms with Gasteiger partial charge in [-0.05, 0) is 68.9 Å². The zero-order chi connectivity index (χ0) is 14.5. The molecule has 0 aliphatic carbocycles. The maximum Gasteiger partial charge on any atom is 0.0843 e. The van der Waals surface area contributed by atoms with Gasteiger partial charge >= 0.3 is 0 Å². The lowest BCUT2D eigenvalue weighted by atomic mass is 10.0. The van der Waals surface area contributed by atoms with E-state index in [2.05, 4.69) is 74.4 Å². The van der Waals surface area contributed by atoms with Gasteiger partial charge in [0.05, 0.1) is 9.83 Å². The fraction of sp³-hybridized carbons (Fsp3) is 0.375. The fourth-order valence-corrected chi connectivity index (χ4v) is 4.46. The fourth-order valence-electron chi connectivity index (χ4n) is 2.24. The summed E-state index contributed by atoms with van der Waals surface area (Å²) in [7, 11) is 2.01. The Labute approximate surface area is 142 Å². The first-order chi connectivity index (χ1) is 9.65. The molecule has 2 aromatic rings. The zero-order valence-corrected chi connectivity index (χ0v) is 15.7. The van der Waals surface area contributed by atoms with Crippen LogP contribution in [0.1, 0.15) is 41.8 Å². The average molecular weight is 417 g/mol. The smallest absolute Gasteiger partial charge is 0.0843 e. The molecule has 4 heteroatoms. The van der Waals surface area contributed by atoms with Crippen LogP contribution in [0, 0.1) is 0 Å². The minimum atomic E-state index is 0.253. The Morgan fingerprint density at radius 1 is 1.20 bits per heavy atom. The van der Waals surface area contributed by atoms with Crippen LogP contribution < -0.4 is 5.32 Å². The normalized spacial score (nSPS) is 12.6. The van der Waals surface area contributed by atoms with Crippen molar-refractivity contribution in [1.29, 1.82) is 0 Å². The number of unbranched alkanes of at least 4 members (excludes halogenated alkanes) is 1. The third kappa shape index (κ3) is 3.94. The first kappa shape index (κ1) is 16.2.